The molecule has 2 saturated heterocycles. The molecular formula is C31H39FN2O3. The van der Waals surface area contributed by atoms with E-state index in [0.717, 1.165) is 75.8 Å². The van der Waals surface area contributed by atoms with E-state index in [9.17, 15) is 14.0 Å². The first kappa shape index (κ1) is 25.7. The van der Waals surface area contributed by atoms with E-state index in [1.54, 1.807) is 12.1 Å². The Hall–Kier alpha value is -2.89. The molecule has 2 amide bonds. The number of para-hydroxylation sites is 1. The monoisotopic (exact) mass is 506 g/mol. The predicted octanol–water partition coefficient (Wildman–Crippen LogP) is 5.73. The summed E-state index contributed by atoms with van der Waals surface area (Å²) in [4.78, 5) is 31.7. The summed E-state index contributed by atoms with van der Waals surface area (Å²) in [5, 5.41) is 0. The molecule has 3 aliphatic rings. The van der Waals surface area contributed by atoms with Crippen molar-refractivity contribution in [1.29, 1.82) is 0 Å². The number of halogens is 1. The van der Waals surface area contributed by atoms with Crippen LogP contribution in [0.1, 0.15) is 69.8 Å². The standard InChI is InChI=1S/C31H39FN2O3/c32-26-12-9-11-25(21-26)31(16-5-6-17-31)29(36)34-20-10-15-30(23-34,24-37-27-13-3-1-4-14-27)22-28(35)33-18-7-2-8-19-33/h1,3-4,9,11-14,21H,2,5-8,10,15-20,22-24H2. The maximum Gasteiger partial charge on any atom is 0.233 e. The minimum Gasteiger partial charge on any atom is -0.493 e. The quantitative estimate of drug-likeness (QED) is 0.482. The van der Waals surface area contributed by atoms with Gasteiger partial charge in [0.25, 0.3) is 0 Å². The van der Waals surface area contributed by atoms with Gasteiger partial charge in [0.1, 0.15) is 11.6 Å². The minimum absolute atomic E-state index is 0.0878. The van der Waals surface area contributed by atoms with Crippen molar-refractivity contribution >= 4 is 11.8 Å². The smallest absolute Gasteiger partial charge is 0.233 e. The molecule has 2 heterocycles. The van der Waals surface area contributed by atoms with Crippen LogP contribution >= 0.6 is 0 Å². The lowest BCUT2D eigenvalue weighted by Gasteiger charge is -2.46. The van der Waals surface area contributed by atoms with Crippen LogP contribution in [0.15, 0.2) is 54.6 Å². The fourth-order valence-corrected chi connectivity index (χ4v) is 6.72. The molecule has 5 nitrogen and oxygen atoms in total. The summed E-state index contributed by atoms with van der Waals surface area (Å²) in [6.45, 7) is 3.20. The highest BCUT2D eigenvalue weighted by atomic mass is 19.1. The number of benzene rings is 2. The molecule has 1 atom stereocenters. The molecule has 0 aromatic heterocycles. The largest absolute Gasteiger partial charge is 0.493 e. The van der Waals surface area contributed by atoms with Gasteiger partial charge in [-0.1, -0.05) is 43.2 Å². The molecule has 6 heteroatoms. The van der Waals surface area contributed by atoms with E-state index in [-0.39, 0.29) is 17.6 Å². The topological polar surface area (TPSA) is 49.9 Å². The average molecular weight is 507 g/mol. The number of hydrogen-bond donors (Lipinski definition) is 0. The van der Waals surface area contributed by atoms with Crippen molar-refractivity contribution in [2.75, 3.05) is 32.8 Å². The number of hydrogen-bond acceptors (Lipinski definition) is 3. The highest BCUT2D eigenvalue weighted by Gasteiger charge is 2.48. The van der Waals surface area contributed by atoms with E-state index in [0.29, 0.717) is 26.1 Å². The van der Waals surface area contributed by atoms with Crippen LogP contribution in [0.3, 0.4) is 0 Å². The second-order valence-corrected chi connectivity index (χ2v) is 11.3. The molecule has 2 aromatic carbocycles. The zero-order valence-electron chi connectivity index (χ0n) is 21.8. The fraction of sp³-hybridized carbons (Fsp3) is 0.548. The lowest BCUT2D eigenvalue weighted by atomic mass is 9.74. The van der Waals surface area contributed by atoms with Crippen molar-refractivity contribution in [3.05, 3.63) is 66.0 Å². The van der Waals surface area contributed by atoms with E-state index >= 15 is 0 Å². The third-order valence-corrected chi connectivity index (χ3v) is 8.72. The number of carbonyl (C=O) groups excluding carboxylic acids is 2. The van der Waals surface area contributed by atoms with Crippen LogP contribution in [0.5, 0.6) is 5.75 Å². The van der Waals surface area contributed by atoms with Gasteiger partial charge >= 0.3 is 0 Å². The van der Waals surface area contributed by atoms with Crippen molar-refractivity contribution < 1.29 is 18.7 Å². The summed E-state index contributed by atoms with van der Waals surface area (Å²) in [6, 6.07) is 16.3. The van der Waals surface area contributed by atoms with Crippen molar-refractivity contribution in [2.24, 2.45) is 5.41 Å². The second kappa shape index (κ2) is 11.2. The normalized spacial score (nSPS) is 23.6. The summed E-state index contributed by atoms with van der Waals surface area (Å²) >= 11 is 0. The maximum atomic E-state index is 14.3. The Balaban J connectivity index is 1.39. The van der Waals surface area contributed by atoms with E-state index in [2.05, 4.69) is 0 Å². The predicted molar refractivity (Wildman–Crippen MR) is 142 cm³/mol. The molecule has 37 heavy (non-hydrogen) atoms. The van der Waals surface area contributed by atoms with Gasteiger partial charge in [-0.2, -0.15) is 0 Å². The Morgan fingerprint density at radius 1 is 0.811 bits per heavy atom. The summed E-state index contributed by atoms with van der Waals surface area (Å²) in [6.07, 6.45) is 8.76. The average Bonchev–Trinajstić information content (AvgIpc) is 3.44. The summed E-state index contributed by atoms with van der Waals surface area (Å²) in [5.74, 6) is 0.743. The highest BCUT2D eigenvalue weighted by molar-refractivity contribution is 5.89. The van der Waals surface area contributed by atoms with Gasteiger partial charge < -0.3 is 14.5 Å². The van der Waals surface area contributed by atoms with Crippen molar-refractivity contribution in [2.45, 2.75) is 69.6 Å². The number of amides is 2. The van der Waals surface area contributed by atoms with E-state index < -0.39 is 10.8 Å². The molecule has 0 spiro atoms. The Bertz CT molecular complexity index is 1080. The Labute approximate surface area is 220 Å². The van der Waals surface area contributed by atoms with Crippen molar-refractivity contribution in [3.8, 4) is 5.75 Å². The highest BCUT2D eigenvalue weighted by Crippen LogP contribution is 2.45. The number of carbonyl (C=O) groups is 2. The van der Waals surface area contributed by atoms with Gasteiger partial charge in [-0.25, -0.2) is 4.39 Å². The SMILES string of the molecule is O=C(CC1(COc2ccccc2)CCCN(C(=O)C2(c3cccc(F)c3)CCCC2)C1)N1CCCCC1. The van der Waals surface area contributed by atoms with Gasteiger partial charge in [-0.3, -0.25) is 9.59 Å². The Morgan fingerprint density at radius 3 is 2.27 bits per heavy atom. The summed E-state index contributed by atoms with van der Waals surface area (Å²) in [5.41, 5.74) is -0.335. The molecular weight excluding hydrogens is 467 g/mol. The van der Waals surface area contributed by atoms with Crippen molar-refractivity contribution in [3.63, 3.8) is 0 Å². The van der Waals surface area contributed by atoms with Gasteiger partial charge in [-0.15, -0.1) is 0 Å². The van der Waals surface area contributed by atoms with Crippen molar-refractivity contribution in [1.82, 2.24) is 9.80 Å². The van der Waals surface area contributed by atoms with Gasteiger partial charge in [0.2, 0.25) is 11.8 Å². The van der Waals surface area contributed by atoms with Crippen LogP contribution in [0.25, 0.3) is 0 Å². The molecule has 1 unspecified atom stereocenters. The van der Waals surface area contributed by atoms with Crippen LogP contribution in [0.2, 0.25) is 0 Å². The summed E-state index contributed by atoms with van der Waals surface area (Å²) in [7, 11) is 0. The molecule has 2 aromatic rings. The van der Waals surface area contributed by atoms with Crippen LogP contribution in [0.4, 0.5) is 4.39 Å². The zero-order chi connectivity index (χ0) is 25.7. The van der Waals surface area contributed by atoms with Crippen LogP contribution in [-0.2, 0) is 15.0 Å². The number of rotatable bonds is 7. The molecule has 0 radical (unpaired) electrons. The molecule has 0 bridgehead atoms. The van der Waals surface area contributed by atoms with Gasteiger partial charge in [-0.05, 0) is 74.8 Å². The molecule has 1 aliphatic carbocycles. The van der Waals surface area contributed by atoms with Crippen LogP contribution in [0, 0.1) is 11.2 Å². The Kier molecular flexibility index (Phi) is 7.82. The number of piperidine rings is 2. The van der Waals surface area contributed by atoms with Crippen LogP contribution in [-0.4, -0.2) is 54.4 Å². The second-order valence-electron chi connectivity index (χ2n) is 11.3. The molecule has 1 saturated carbocycles. The van der Waals surface area contributed by atoms with Gasteiger partial charge in [0, 0.05) is 38.0 Å². The summed E-state index contributed by atoms with van der Waals surface area (Å²) < 4.78 is 20.5. The lowest BCUT2D eigenvalue weighted by Crippen LogP contribution is -2.55. The molecule has 0 N–H and O–H groups in total. The van der Waals surface area contributed by atoms with E-state index in [4.69, 9.17) is 4.74 Å². The lowest BCUT2D eigenvalue weighted by molar-refractivity contribution is -0.145. The maximum absolute atomic E-state index is 14.3. The van der Waals surface area contributed by atoms with Gasteiger partial charge in [0.15, 0.2) is 0 Å². The van der Waals surface area contributed by atoms with E-state index in [1.165, 1.54) is 12.5 Å². The molecule has 2 aliphatic heterocycles. The molecule has 5 rings (SSSR count). The zero-order valence-corrected chi connectivity index (χ0v) is 21.8. The Morgan fingerprint density at radius 2 is 1.54 bits per heavy atom. The van der Waals surface area contributed by atoms with Gasteiger partial charge in [0.05, 0.1) is 12.0 Å². The number of nitrogens with zero attached hydrogens (tertiary/aromatic N) is 2. The number of ether oxygens (including phenoxy) is 1. The third-order valence-electron chi connectivity index (χ3n) is 8.72. The molecule has 198 valence electrons. The first-order valence-corrected chi connectivity index (χ1v) is 14.0. The van der Waals surface area contributed by atoms with E-state index in [1.807, 2.05) is 46.2 Å². The first-order valence-electron chi connectivity index (χ1n) is 14.0. The first-order chi connectivity index (χ1) is 18.0. The van der Waals surface area contributed by atoms with Crippen LogP contribution < -0.4 is 4.74 Å². The number of likely N-dealkylation sites (tertiary alicyclic amines) is 2. The fourth-order valence-electron chi connectivity index (χ4n) is 6.72. The molecule has 3 fully saturated rings. The minimum atomic E-state index is -0.678. The third kappa shape index (κ3) is 5.68.